The molecule has 0 bridgehead atoms. The van der Waals surface area contributed by atoms with Crippen molar-refractivity contribution in [2.45, 2.75) is 32.5 Å². The van der Waals surface area contributed by atoms with Gasteiger partial charge in [0.25, 0.3) is 5.95 Å². The topological polar surface area (TPSA) is 66.3 Å². The summed E-state index contributed by atoms with van der Waals surface area (Å²) in [6.07, 6.45) is 1.55. The Bertz CT molecular complexity index is 725. The number of hydrogen-bond acceptors (Lipinski definition) is 6. The van der Waals surface area contributed by atoms with Crippen LogP contribution in [-0.2, 0) is 5.67 Å². The third kappa shape index (κ3) is 5.10. The first-order valence-corrected chi connectivity index (χ1v) is 8.52. The van der Waals surface area contributed by atoms with Crippen molar-refractivity contribution < 1.29 is 4.39 Å². The SMILES string of the molecule is CC(Nc1nc(N=CN(C)C)nc(C(C)(C)F)n1)c1ccc(Cl)s1. The lowest BCUT2D eigenvalue weighted by Crippen LogP contribution is -2.18. The van der Waals surface area contributed by atoms with Crippen LogP contribution in [0.1, 0.15) is 37.5 Å². The molecule has 9 heteroatoms. The number of rotatable bonds is 6. The van der Waals surface area contributed by atoms with Crippen molar-refractivity contribution in [1.29, 1.82) is 0 Å². The number of nitrogens with one attached hydrogen (secondary N) is 1. The molecule has 0 spiro atoms. The van der Waals surface area contributed by atoms with Gasteiger partial charge in [-0.1, -0.05) is 11.6 Å². The second-order valence-corrected chi connectivity index (χ2v) is 7.72. The second kappa shape index (κ2) is 7.40. The maximum absolute atomic E-state index is 14.3. The number of aromatic nitrogens is 3. The maximum atomic E-state index is 14.3. The summed E-state index contributed by atoms with van der Waals surface area (Å²) in [5.74, 6) is 0.453. The van der Waals surface area contributed by atoms with Gasteiger partial charge in [-0.2, -0.15) is 15.0 Å². The lowest BCUT2D eigenvalue weighted by Gasteiger charge is -2.16. The molecular weight excluding hydrogens is 351 g/mol. The minimum atomic E-state index is -1.70. The molecule has 0 aromatic carbocycles. The van der Waals surface area contributed by atoms with Gasteiger partial charge in [0.1, 0.15) is 0 Å². The van der Waals surface area contributed by atoms with E-state index >= 15 is 0 Å². The number of nitrogens with zero attached hydrogens (tertiary/aromatic N) is 5. The minimum absolute atomic E-state index is 0.0299. The largest absolute Gasteiger partial charge is 0.369 e. The van der Waals surface area contributed by atoms with Crippen molar-refractivity contribution in [3.8, 4) is 0 Å². The quantitative estimate of drug-likeness (QED) is 0.610. The zero-order chi connectivity index (χ0) is 17.9. The Morgan fingerprint density at radius 3 is 2.58 bits per heavy atom. The monoisotopic (exact) mass is 370 g/mol. The normalized spacial score (nSPS) is 13.3. The van der Waals surface area contributed by atoms with Crippen molar-refractivity contribution in [3.63, 3.8) is 0 Å². The van der Waals surface area contributed by atoms with E-state index in [2.05, 4.69) is 25.3 Å². The van der Waals surface area contributed by atoms with Crippen LogP contribution in [0.5, 0.6) is 0 Å². The zero-order valence-electron chi connectivity index (χ0n) is 14.2. The number of hydrogen-bond donors (Lipinski definition) is 1. The molecule has 0 aliphatic heterocycles. The first-order valence-electron chi connectivity index (χ1n) is 7.33. The number of alkyl halides is 1. The molecule has 2 heterocycles. The summed E-state index contributed by atoms with van der Waals surface area (Å²) in [4.78, 5) is 19.4. The van der Waals surface area contributed by atoms with E-state index in [4.69, 9.17) is 11.6 Å². The molecule has 24 heavy (non-hydrogen) atoms. The van der Waals surface area contributed by atoms with E-state index in [0.29, 0.717) is 4.34 Å². The molecule has 1 unspecified atom stereocenters. The molecule has 0 aliphatic carbocycles. The first-order chi connectivity index (χ1) is 11.1. The van der Waals surface area contributed by atoms with Gasteiger partial charge in [0.05, 0.1) is 16.7 Å². The Hall–Kier alpha value is -1.80. The van der Waals surface area contributed by atoms with E-state index in [9.17, 15) is 4.39 Å². The van der Waals surface area contributed by atoms with Gasteiger partial charge in [0, 0.05) is 19.0 Å². The molecule has 0 radical (unpaired) electrons. The Morgan fingerprint density at radius 2 is 2.04 bits per heavy atom. The molecule has 1 atom stereocenters. The van der Waals surface area contributed by atoms with Gasteiger partial charge < -0.3 is 10.2 Å². The van der Waals surface area contributed by atoms with Crippen LogP contribution in [0.25, 0.3) is 0 Å². The number of thiophene rings is 1. The van der Waals surface area contributed by atoms with Crippen molar-refractivity contribution >= 4 is 41.2 Å². The predicted molar refractivity (Wildman–Crippen MR) is 97.2 cm³/mol. The van der Waals surface area contributed by atoms with Crippen LogP contribution >= 0.6 is 22.9 Å². The molecule has 0 saturated carbocycles. The van der Waals surface area contributed by atoms with Crippen molar-refractivity contribution in [1.82, 2.24) is 19.9 Å². The second-order valence-electron chi connectivity index (χ2n) is 5.97. The summed E-state index contributed by atoms with van der Waals surface area (Å²) in [5.41, 5.74) is -1.70. The highest BCUT2D eigenvalue weighted by Gasteiger charge is 2.25. The lowest BCUT2D eigenvalue weighted by atomic mass is 10.1. The summed E-state index contributed by atoms with van der Waals surface area (Å²) >= 11 is 7.43. The van der Waals surface area contributed by atoms with Crippen molar-refractivity contribution in [2.24, 2.45) is 4.99 Å². The Kier molecular flexibility index (Phi) is 5.71. The van der Waals surface area contributed by atoms with Gasteiger partial charge >= 0.3 is 0 Å². The van der Waals surface area contributed by atoms with Gasteiger partial charge in [-0.05, 0) is 32.9 Å². The number of aliphatic imine (C=N–C) groups is 1. The highest BCUT2D eigenvalue weighted by molar-refractivity contribution is 7.16. The van der Waals surface area contributed by atoms with E-state index in [-0.39, 0.29) is 23.8 Å². The van der Waals surface area contributed by atoms with Gasteiger partial charge in [-0.25, -0.2) is 9.38 Å². The van der Waals surface area contributed by atoms with Crippen LogP contribution in [0, 0.1) is 0 Å². The molecular formula is C15H20ClFN6S. The summed E-state index contributed by atoms with van der Waals surface area (Å²) < 4.78 is 15.0. The van der Waals surface area contributed by atoms with Crippen molar-refractivity contribution in [3.05, 3.63) is 27.2 Å². The number of anilines is 1. The Balaban J connectivity index is 2.32. The van der Waals surface area contributed by atoms with Crippen molar-refractivity contribution in [2.75, 3.05) is 19.4 Å². The maximum Gasteiger partial charge on any atom is 0.255 e. The third-order valence-electron chi connectivity index (χ3n) is 2.93. The van der Waals surface area contributed by atoms with Gasteiger partial charge in [0.2, 0.25) is 5.95 Å². The molecule has 0 amide bonds. The van der Waals surface area contributed by atoms with E-state index in [1.807, 2.05) is 33.2 Å². The summed E-state index contributed by atoms with van der Waals surface area (Å²) in [7, 11) is 3.65. The van der Waals surface area contributed by atoms with E-state index in [1.54, 1.807) is 11.2 Å². The van der Waals surface area contributed by atoms with Crippen LogP contribution in [0.4, 0.5) is 16.3 Å². The first kappa shape index (κ1) is 18.5. The standard InChI is InChI=1S/C15H20ClFN6S/c1-9(10-6-7-11(16)24-10)19-14-21-12(15(2,3)17)20-13(22-14)18-8-23(4)5/h6-9H,1-5H3,(H,19,20,21,22). The Morgan fingerprint density at radius 1 is 1.33 bits per heavy atom. The fourth-order valence-corrected chi connectivity index (χ4v) is 2.81. The highest BCUT2D eigenvalue weighted by atomic mass is 35.5. The average molecular weight is 371 g/mol. The Labute approximate surface area is 149 Å². The van der Waals surface area contributed by atoms with E-state index < -0.39 is 5.67 Å². The zero-order valence-corrected chi connectivity index (χ0v) is 15.8. The van der Waals surface area contributed by atoms with Crippen LogP contribution in [-0.4, -0.2) is 40.3 Å². The number of halogens is 2. The fraction of sp³-hybridized carbons (Fsp3) is 0.467. The summed E-state index contributed by atoms with van der Waals surface area (Å²) in [6.45, 7) is 4.75. The highest BCUT2D eigenvalue weighted by Crippen LogP contribution is 2.29. The molecule has 130 valence electrons. The molecule has 0 saturated heterocycles. The summed E-state index contributed by atoms with van der Waals surface area (Å²) in [5, 5.41) is 3.15. The molecule has 6 nitrogen and oxygen atoms in total. The molecule has 2 rings (SSSR count). The molecule has 2 aromatic rings. The van der Waals surface area contributed by atoms with Crippen LogP contribution in [0.3, 0.4) is 0 Å². The van der Waals surface area contributed by atoms with E-state index in [0.717, 1.165) is 4.88 Å². The van der Waals surface area contributed by atoms with Crippen LogP contribution in [0.2, 0.25) is 4.34 Å². The molecule has 2 aromatic heterocycles. The van der Waals surface area contributed by atoms with Crippen LogP contribution < -0.4 is 5.32 Å². The van der Waals surface area contributed by atoms with Gasteiger partial charge in [-0.15, -0.1) is 11.3 Å². The van der Waals surface area contributed by atoms with Gasteiger partial charge in [-0.3, -0.25) is 0 Å². The molecule has 0 fully saturated rings. The lowest BCUT2D eigenvalue weighted by molar-refractivity contribution is 0.206. The minimum Gasteiger partial charge on any atom is -0.369 e. The fourth-order valence-electron chi connectivity index (χ4n) is 1.75. The van der Waals surface area contributed by atoms with Crippen LogP contribution in [0.15, 0.2) is 17.1 Å². The smallest absolute Gasteiger partial charge is 0.255 e. The molecule has 1 N–H and O–H groups in total. The average Bonchev–Trinajstić information content (AvgIpc) is 2.91. The predicted octanol–water partition coefficient (Wildman–Crippen LogP) is 4.19. The van der Waals surface area contributed by atoms with E-state index in [1.165, 1.54) is 25.2 Å². The third-order valence-corrected chi connectivity index (χ3v) is 4.34. The van der Waals surface area contributed by atoms with Gasteiger partial charge in [0.15, 0.2) is 11.5 Å². The summed E-state index contributed by atoms with van der Waals surface area (Å²) in [6, 6.07) is 3.68. The molecule has 0 aliphatic rings.